The van der Waals surface area contributed by atoms with Crippen LogP contribution in [0, 0.1) is 6.92 Å². The monoisotopic (exact) mass is 398 g/mol. The summed E-state index contributed by atoms with van der Waals surface area (Å²) in [6.07, 6.45) is 0. The molecule has 0 N–H and O–H groups in total. The summed E-state index contributed by atoms with van der Waals surface area (Å²) >= 11 is 3.61. The molecule has 1 aliphatic rings. The van der Waals surface area contributed by atoms with E-state index in [4.69, 9.17) is 0 Å². The predicted molar refractivity (Wildman–Crippen MR) is 111 cm³/mol. The third kappa shape index (κ3) is 2.19. The van der Waals surface area contributed by atoms with E-state index in [-0.39, 0.29) is 5.78 Å². The van der Waals surface area contributed by atoms with Crippen LogP contribution in [0.2, 0.25) is 0 Å². The molecule has 5 rings (SSSR count). The molecule has 124 valence electrons. The van der Waals surface area contributed by atoms with Gasteiger partial charge < -0.3 is 0 Å². The van der Waals surface area contributed by atoms with Crippen molar-refractivity contribution >= 4 is 32.5 Å². The van der Waals surface area contributed by atoms with Crippen LogP contribution < -0.4 is 0 Å². The van der Waals surface area contributed by atoms with Crippen molar-refractivity contribution in [1.82, 2.24) is 0 Å². The zero-order chi connectivity index (χ0) is 17.8. The third-order valence-corrected chi connectivity index (χ3v) is 5.62. The van der Waals surface area contributed by atoms with Crippen LogP contribution in [0.15, 0.2) is 77.3 Å². The van der Waals surface area contributed by atoms with Crippen molar-refractivity contribution < 1.29 is 4.79 Å². The molecule has 0 atom stereocenters. The van der Waals surface area contributed by atoms with E-state index >= 15 is 0 Å². The van der Waals surface area contributed by atoms with E-state index in [2.05, 4.69) is 65.3 Å². The first-order valence-corrected chi connectivity index (χ1v) is 9.40. The quantitative estimate of drug-likeness (QED) is 0.303. The Hall–Kier alpha value is -2.71. The minimum Gasteiger partial charge on any atom is -0.289 e. The van der Waals surface area contributed by atoms with E-state index in [0.717, 1.165) is 48.6 Å². The zero-order valence-electron chi connectivity index (χ0n) is 14.2. The van der Waals surface area contributed by atoms with Crippen molar-refractivity contribution in [3.05, 3.63) is 94.0 Å². The summed E-state index contributed by atoms with van der Waals surface area (Å²) in [6, 6.07) is 24.8. The molecule has 0 unspecified atom stereocenters. The van der Waals surface area contributed by atoms with Crippen LogP contribution in [0.4, 0.5) is 0 Å². The van der Waals surface area contributed by atoms with Gasteiger partial charge >= 0.3 is 0 Å². The highest BCUT2D eigenvalue weighted by Crippen LogP contribution is 2.47. The lowest BCUT2D eigenvalue weighted by atomic mass is 9.89. The Bertz CT molecular complexity index is 1200. The Labute approximate surface area is 160 Å². The minimum absolute atomic E-state index is 0.119. The second-order valence-electron chi connectivity index (χ2n) is 6.78. The summed E-state index contributed by atoms with van der Waals surface area (Å²) in [4.78, 5) is 13.0. The van der Waals surface area contributed by atoms with Gasteiger partial charge in [-0.2, -0.15) is 0 Å². The third-order valence-electron chi connectivity index (χ3n) is 5.13. The lowest BCUT2D eigenvalue weighted by Gasteiger charge is -2.14. The van der Waals surface area contributed by atoms with E-state index in [9.17, 15) is 4.79 Å². The predicted octanol–water partition coefficient (Wildman–Crippen LogP) is 6.79. The summed E-state index contributed by atoms with van der Waals surface area (Å²) in [5.41, 5.74) is 7.19. The van der Waals surface area contributed by atoms with Crippen LogP contribution in [0.1, 0.15) is 21.5 Å². The molecule has 0 radical (unpaired) electrons. The standard InChI is InChI=1S/C24H15BrO/c1-14-6-8-15(9-7-14)22-20-13-17(25)11-10-16(20)12-21-23(22)18-4-2-3-5-19(18)24(21)26/h2-13H,1H3. The minimum atomic E-state index is 0.119. The van der Waals surface area contributed by atoms with Crippen molar-refractivity contribution in [2.24, 2.45) is 0 Å². The molecule has 26 heavy (non-hydrogen) atoms. The van der Waals surface area contributed by atoms with Crippen molar-refractivity contribution in [2.75, 3.05) is 0 Å². The maximum atomic E-state index is 13.0. The number of carbonyl (C=O) groups is 1. The van der Waals surface area contributed by atoms with Crippen LogP contribution >= 0.6 is 15.9 Å². The first kappa shape index (κ1) is 15.5. The van der Waals surface area contributed by atoms with Gasteiger partial charge in [-0.25, -0.2) is 0 Å². The summed E-state index contributed by atoms with van der Waals surface area (Å²) < 4.78 is 1.04. The highest BCUT2D eigenvalue weighted by atomic mass is 79.9. The topological polar surface area (TPSA) is 17.1 Å². The van der Waals surface area contributed by atoms with Crippen molar-refractivity contribution in [1.29, 1.82) is 0 Å². The smallest absolute Gasteiger partial charge is 0.194 e. The number of hydrogen-bond acceptors (Lipinski definition) is 1. The fourth-order valence-corrected chi connectivity index (χ4v) is 4.25. The van der Waals surface area contributed by atoms with Gasteiger partial charge in [0.2, 0.25) is 0 Å². The summed E-state index contributed by atoms with van der Waals surface area (Å²) in [6.45, 7) is 2.09. The highest BCUT2D eigenvalue weighted by molar-refractivity contribution is 9.10. The van der Waals surface area contributed by atoms with E-state index in [1.807, 2.05) is 30.3 Å². The van der Waals surface area contributed by atoms with Gasteiger partial charge in [-0.15, -0.1) is 0 Å². The van der Waals surface area contributed by atoms with Gasteiger partial charge in [0.1, 0.15) is 0 Å². The van der Waals surface area contributed by atoms with Gasteiger partial charge in [0.25, 0.3) is 0 Å². The fraction of sp³-hybridized carbons (Fsp3) is 0.0417. The highest BCUT2D eigenvalue weighted by Gasteiger charge is 2.30. The fourth-order valence-electron chi connectivity index (χ4n) is 3.89. The van der Waals surface area contributed by atoms with Gasteiger partial charge in [-0.05, 0) is 52.6 Å². The van der Waals surface area contributed by atoms with Gasteiger partial charge in [-0.1, -0.05) is 76.1 Å². The molecule has 2 heteroatoms. The summed E-state index contributed by atoms with van der Waals surface area (Å²) in [5, 5.41) is 2.25. The van der Waals surface area contributed by atoms with Gasteiger partial charge in [0.15, 0.2) is 5.78 Å². The number of carbonyl (C=O) groups excluding carboxylic acids is 1. The van der Waals surface area contributed by atoms with Gasteiger partial charge in [-0.3, -0.25) is 4.79 Å². The number of fused-ring (bicyclic) bond motifs is 4. The van der Waals surface area contributed by atoms with Crippen LogP contribution in [0.3, 0.4) is 0 Å². The van der Waals surface area contributed by atoms with Gasteiger partial charge in [0, 0.05) is 21.2 Å². The van der Waals surface area contributed by atoms with Gasteiger partial charge in [0.05, 0.1) is 0 Å². The molecule has 0 aliphatic heterocycles. The summed E-state index contributed by atoms with van der Waals surface area (Å²) in [5.74, 6) is 0.119. The van der Waals surface area contributed by atoms with Crippen LogP contribution in [-0.2, 0) is 0 Å². The normalized spacial score (nSPS) is 12.3. The molecule has 0 bridgehead atoms. The maximum absolute atomic E-state index is 13.0. The zero-order valence-corrected chi connectivity index (χ0v) is 15.8. The molecule has 0 saturated carbocycles. The second kappa shape index (κ2) is 5.65. The molecule has 0 heterocycles. The SMILES string of the molecule is Cc1ccc(-c2c3c(cc4ccc(Br)cc24)C(=O)c2ccccc2-3)cc1. The molecule has 0 aromatic heterocycles. The Morgan fingerprint density at radius 3 is 2.23 bits per heavy atom. The molecule has 0 spiro atoms. The molecule has 0 amide bonds. The number of ketones is 1. The van der Waals surface area contributed by atoms with Crippen LogP contribution in [0.25, 0.3) is 33.0 Å². The van der Waals surface area contributed by atoms with Crippen LogP contribution in [0.5, 0.6) is 0 Å². The number of halogens is 1. The van der Waals surface area contributed by atoms with E-state index in [1.165, 1.54) is 5.56 Å². The Balaban J connectivity index is 1.98. The molecule has 4 aromatic carbocycles. The molecule has 1 nitrogen and oxygen atoms in total. The first-order chi connectivity index (χ1) is 12.6. The van der Waals surface area contributed by atoms with Crippen molar-refractivity contribution in [3.63, 3.8) is 0 Å². The molecular weight excluding hydrogens is 384 g/mol. The van der Waals surface area contributed by atoms with E-state index in [0.29, 0.717) is 0 Å². The first-order valence-electron chi connectivity index (χ1n) is 8.61. The van der Waals surface area contributed by atoms with E-state index in [1.54, 1.807) is 0 Å². The van der Waals surface area contributed by atoms with E-state index < -0.39 is 0 Å². The molecule has 0 fully saturated rings. The Morgan fingerprint density at radius 2 is 1.46 bits per heavy atom. The number of benzene rings is 4. The lowest BCUT2D eigenvalue weighted by molar-refractivity contribution is 0.104. The molecule has 1 aliphatic carbocycles. The largest absolute Gasteiger partial charge is 0.289 e. The number of aryl methyl sites for hydroxylation is 1. The molecular formula is C24H15BrO. The number of rotatable bonds is 1. The Kier molecular flexibility index (Phi) is 3.38. The lowest BCUT2D eigenvalue weighted by Crippen LogP contribution is -1.96. The summed E-state index contributed by atoms with van der Waals surface area (Å²) in [7, 11) is 0. The molecule has 4 aromatic rings. The second-order valence-corrected chi connectivity index (χ2v) is 7.70. The van der Waals surface area contributed by atoms with Crippen LogP contribution in [-0.4, -0.2) is 5.78 Å². The average Bonchev–Trinajstić information content (AvgIpc) is 2.94. The van der Waals surface area contributed by atoms with Crippen molar-refractivity contribution in [3.8, 4) is 22.3 Å². The number of hydrogen-bond donors (Lipinski definition) is 0. The maximum Gasteiger partial charge on any atom is 0.194 e. The van der Waals surface area contributed by atoms with Crippen molar-refractivity contribution in [2.45, 2.75) is 6.92 Å². The molecule has 0 saturated heterocycles. The average molecular weight is 399 g/mol. The Morgan fingerprint density at radius 1 is 0.731 bits per heavy atom.